The van der Waals surface area contributed by atoms with E-state index in [1.807, 2.05) is 81.4 Å². The smallest absolute Gasteiger partial charge is 0.301 e. The number of aryl methyl sites for hydroxylation is 4. The number of amides is 1. The summed E-state index contributed by atoms with van der Waals surface area (Å²) in [5.41, 5.74) is 6.19. The topological polar surface area (TPSA) is 70.5 Å². The van der Waals surface area contributed by atoms with Crippen LogP contribution in [0.2, 0.25) is 0 Å². The van der Waals surface area contributed by atoms with Crippen molar-refractivity contribution in [3.8, 4) is 0 Å². The first kappa shape index (κ1) is 23.0. The molecule has 0 spiro atoms. The summed E-state index contributed by atoms with van der Waals surface area (Å²) >= 11 is 1.37. The Labute approximate surface area is 208 Å². The van der Waals surface area contributed by atoms with Gasteiger partial charge in [0.2, 0.25) is 0 Å². The van der Waals surface area contributed by atoms with Gasteiger partial charge in [-0.05, 0) is 67.6 Å². The molecule has 0 radical (unpaired) electrons. The van der Waals surface area contributed by atoms with Crippen molar-refractivity contribution < 1.29 is 14.7 Å². The van der Waals surface area contributed by atoms with E-state index in [4.69, 9.17) is 4.98 Å². The lowest BCUT2D eigenvalue weighted by Crippen LogP contribution is -2.29. The molecule has 1 unspecified atom stereocenters. The second-order valence-electron chi connectivity index (χ2n) is 9.05. The predicted octanol–water partition coefficient (Wildman–Crippen LogP) is 6.41. The molecule has 0 aliphatic carbocycles. The number of carbonyl (C=O) groups excluding carboxylic acids is 2. The van der Waals surface area contributed by atoms with Crippen LogP contribution in [0.5, 0.6) is 0 Å². The number of aliphatic hydroxyl groups excluding tert-OH is 1. The van der Waals surface area contributed by atoms with Gasteiger partial charge in [-0.3, -0.25) is 14.5 Å². The van der Waals surface area contributed by atoms with Gasteiger partial charge in [-0.25, -0.2) is 4.98 Å². The molecule has 176 valence electrons. The highest BCUT2D eigenvalue weighted by Gasteiger charge is 2.48. The average molecular weight is 483 g/mol. The largest absolute Gasteiger partial charge is 0.507 e. The summed E-state index contributed by atoms with van der Waals surface area (Å²) in [5.74, 6) is -1.55. The fourth-order valence-electron chi connectivity index (χ4n) is 4.54. The van der Waals surface area contributed by atoms with Gasteiger partial charge in [-0.2, -0.15) is 0 Å². The lowest BCUT2D eigenvalue weighted by atomic mass is 9.93. The zero-order valence-electron chi connectivity index (χ0n) is 20.1. The Balaban J connectivity index is 1.75. The van der Waals surface area contributed by atoms with Crippen molar-refractivity contribution in [3.05, 3.63) is 99.6 Å². The lowest BCUT2D eigenvalue weighted by molar-refractivity contribution is -0.132. The van der Waals surface area contributed by atoms with Crippen LogP contribution in [-0.2, 0) is 16.0 Å². The van der Waals surface area contributed by atoms with Crippen molar-refractivity contribution in [3.63, 3.8) is 0 Å². The van der Waals surface area contributed by atoms with E-state index in [2.05, 4.69) is 6.92 Å². The maximum Gasteiger partial charge on any atom is 0.301 e. The molecule has 5 rings (SSSR count). The minimum Gasteiger partial charge on any atom is -0.507 e. The van der Waals surface area contributed by atoms with Gasteiger partial charge in [0, 0.05) is 5.56 Å². The number of anilines is 1. The summed E-state index contributed by atoms with van der Waals surface area (Å²) in [5, 5.41) is 11.9. The number of aliphatic hydroxyl groups is 1. The summed E-state index contributed by atoms with van der Waals surface area (Å²) in [6.07, 6.45) is 0.875. The second-order valence-corrected chi connectivity index (χ2v) is 10.1. The molecular weight excluding hydrogens is 456 g/mol. The maximum atomic E-state index is 13.5. The molecule has 4 aromatic rings. The highest BCUT2D eigenvalue weighted by atomic mass is 32.1. The Kier molecular flexibility index (Phi) is 5.77. The van der Waals surface area contributed by atoms with E-state index in [1.54, 1.807) is 0 Å². The number of hydrogen-bond donors (Lipinski definition) is 1. The van der Waals surface area contributed by atoms with Crippen molar-refractivity contribution in [2.45, 2.75) is 40.2 Å². The fraction of sp³-hybridized carbons (Fsp3) is 0.207. The number of thiazole rings is 1. The molecule has 1 aromatic heterocycles. The molecule has 3 aromatic carbocycles. The Hall–Kier alpha value is -3.77. The van der Waals surface area contributed by atoms with Crippen LogP contribution in [0.15, 0.2) is 66.2 Å². The predicted molar refractivity (Wildman–Crippen MR) is 141 cm³/mol. The molecular formula is C29H26N2O3S. The van der Waals surface area contributed by atoms with Gasteiger partial charge in [0.1, 0.15) is 5.76 Å². The maximum absolute atomic E-state index is 13.5. The Morgan fingerprint density at radius 3 is 2.37 bits per heavy atom. The Bertz CT molecular complexity index is 1510. The molecule has 0 saturated carbocycles. The zero-order chi connectivity index (χ0) is 24.9. The van der Waals surface area contributed by atoms with Crippen molar-refractivity contribution in [1.29, 1.82) is 0 Å². The normalized spacial score (nSPS) is 17.5. The van der Waals surface area contributed by atoms with Gasteiger partial charge in [-0.1, -0.05) is 66.3 Å². The number of Topliss-reactive ketones (excluding diaryl/α,β-unsaturated/α-hetero) is 1. The first-order valence-electron chi connectivity index (χ1n) is 11.6. The minimum absolute atomic E-state index is 0.0865. The van der Waals surface area contributed by atoms with Gasteiger partial charge < -0.3 is 5.11 Å². The highest BCUT2D eigenvalue weighted by molar-refractivity contribution is 7.22. The molecule has 1 aliphatic heterocycles. The average Bonchev–Trinajstić information content (AvgIpc) is 3.38. The molecule has 6 heteroatoms. The number of ketones is 1. The molecule has 0 bridgehead atoms. The number of rotatable bonds is 4. The second kappa shape index (κ2) is 8.78. The molecule has 1 saturated heterocycles. The van der Waals surface area contributed by atoms with E-state index < -0.39 is 17.7 Å². The third-order valence-electron chi connectivity index (χ3n) is 6.54. The first-order valence-corrected chi connectivity index (χ1v) is 12.4. The summed E-state index contributed by atoms with van der Waals surface area (Å²) in [6, 6.07) is 18.7. The summed E-state index contributed by atoms with van der Waals surface area (Å²) in [6.45, 7) is 7.89. The van der Waals surface area contributed by atoms with Crippen molar-refractivity contribution in [2.24, 2.45) is 0 Å². The van der Waals surface area contributed by atoms with Crippen LogP contribution in [0.1, 0.15) is 46.3 Å². The SMILES string of the molecule is CCc1ccc(C2/C(=C(\O)c3cc(C)ccc3C)C(=O)C(=O)N2c2nc3ccc(C)cc3s2)cc1. The summed E-state index contributed by atoms with van der Waals surface area (Å²) in [7, 11) is 0. The molecule has 1 atom stereocenters. The first-order chi connectivity index (χ1) is 16.8. The van der Waals surface area contributed by atoms with Crippen LogP contribution < -0.4 is 4.90 Å². The van der Waals surface area contributed by atoms with Gasteiger partial charge in [0.05, 0.1) is 21.8 Å². The Morgan fingerprint density at radius 2 is 1.66 bits per heavy atom. The Morgan fingerprint density at radius 1 is 0.971 bits per heavy atom. The number of benzene rings is 3. The van der Waals surface area contributed by atoms with Crippen LogP contribution in [0.25, 0.3) is 16.0 Å². The van der Waals surface area contributed by atoms with Crippen LogP contribution in [-0.4, -0.2) is 21.8 Å². The summed E-state index contributed by atoms with van der Waals surface area (Å²) < 4.78 is 0.941. The van der Waals surface area contributed by atoms with E-state index in [0.717, 1.165) is 44.5 Å². The number of hydrogen-bond acceptors (Lipinski definition) is 5. The molecule has 1 fully saturated rings. The zero-order valence-corrected chi connectivity index (χ0v) is 20.9. The quantitative estimate of drug-likeness (QED) is 0.207. The van der Waals surface area contributed by atoms with Crippen molar-refractivity contribution >= 4 is 44.1 Å². The van der Waals surface area contributed by atoms with Gasteiger partial charge in [0.25, 0.3) is 5.78 Å². The van der Waals surface area contributed by atoms with Crippen LogP contribution in [0.4, 0.5) is 5.13 Å². The van der Waals surface area contributed by atoms with E-state index in [0.29, 0.717) is 10.7 Å². The minimum atomic E-state index is -0.775. The van der Waals surface area contributed by atoms with Crippen LogP contribution in [0, 0.1) is 20.8 Å². The van der Waals surface area contributed by atoms with Crippen molar-refractivity contribution in [1.82, 2.24) is 4.98 Å². The number of nitrogens with zero attached hydrogens (tertiary/aromatic N) is 2. The third-order valence-corrected chi connectivity index (χ3v) is 7.55. The molecule has 5 nitrogen and oxygen atoms in total. The number of aromatic nitrogens is 1. The lowest BCUT2D eigenvalue weighted by Gasteiger charge is -2.23. The molecule has 35 heavy (non-hydrogen) atoms. The molecule has 2 heterocycles. The monoisotopic (exact) mass is 482 g/mol. The van der Waals surface area contributed by atoms with Gasteiger partial charge >= 0.3 is 5.91 Å². The molecule has 1 aliphatic rings. The summed E-state index contributed by atoms with van der Waals surface area (Å²) in [4.78, 5) is 33.0. The molecule has 1 N–H and O–H groups in total. The standard InChI is InChI=1S/C29H26N2O3S/c1-5-19-9-11-20(12-10-19)25-24(26(32)21-14-16(2)6-8-18(21)4)27(33)28(34)31(25)29-30-22-13-7-17(3)15-23(22)35-29/h6-15,25,32H,5H2,1-4H3/b26-24+. The van der Waals surface area contributed by atoms with E-state index in [9.17, 15) is 14.7 Å². The fourth-order valence-corrected chi connectivity index (χ4v) is 5.63. The highest BCUT2D eigenvalue weighted by Crippen LogP contribution is 2.44. The third kappa shape index (κ3) is 3.94. The number of fused-ring (bicyclic) bond motifs is 1. The van der Waals surface area contributed by atoms with Gasteiger partial charge in [-0.15, -0.1) is 0 Å². The van der Waals surface area contributed by atoms with Crippen LogP contribution >= 0.6 is 11.3 Å². The number of carbonyl (C=O) groups is 2. The van der Waals surface area contributed by atoms with E-state index >= 15 is 0 Å². The van der Waals surface area contributed by atoms with Crippen molar-refractivity contribution in [2.75, 3.05) is 4.90 Å². The van der Waals surface area contributed by atoms with E-state index in [1.165, 1.54) is 16.2 Å². The molecule has 1 amide bonds. The van der Waals surface area contributed by atoms with Crippen LogP contribution in [0.3, 0.4) is 0 Å². The van der Waals surface area contributed by atoms with E-state index in [-0.39, 0.29) is 11.3 Å². The van der Waals surface area contributed by atoms with Gasteiger partial charge in [0.15, 0.2) is 5.13 Å².